The summed E-state index contributed by atoms with van der Waals surface area (Å²) >= 11 is 0. The second-order valence-corrected chi connectivity index (χ2v) is 11.5. The summed E-state index contributed by atoms with van der Waals surface area (Å²) in [7, 11) is -3.82. The van der Waals surface area contributed by atoms with Gasteiger partial charge in [-0.1, -0.05) is 67.0 Å². The Hall–Kier alpha value is -3.23. The van der Waals surface area contributed by atoms with Crippen LogP contribution in [-0.4, -0.2) is 36.9 Å². The number of anilines is 1. The molecule has 0 aliphatic carbocycles. The summed E-state index contributed by atoms with van der Waals surface area (Å²) in [5.74, 6) is 0.310. The number of carbonyl (C=O) groups excluding carboxylic acids is 1. The molecule has 36 heavy (non-hydrogen) atoms. The highest BCUT2D eigenvalue weighted by atomic mass is 32.2. The average Bonchev–Trinajstić information content (AvgIpc) is 3.25. The summed E-state index contributed by atoms with van der Waals surface area (Å²) in [6, 6.07) is 15.7. The van der Waals surface area contributed by atoms with Crippen molar-refractivity contribution in [2.45, 2.75) is 51.3 Å². The van der Waals surface area contributed by atoms with Crippen molar-refractivity contribution in [2.75, 3.05) is 18.4 Å². The molecule has 0 saturated carbocycles. The maximum Gasteiger partial charge on any atom is 0.248 e. The van der Waals surface area contributed by atoms with Crippen LogP contribution in [0.3, 0.4) is 0 Å². The first-order chi connectivity index (χ1) is 17.1. The molecule has 0 unspecified atom stereocenters. The second-order valence-electron chi connectivity index (χ2n) is 9.65. The van der Waals surface area contributed by atoms with Gasteiger partial charge in [0.15, 0.2) is 10.7 Å². The van der Waals surface area contributed by atoms with Crippen LogP contribution in [0, 0.1) is 19.8 Å². The van der Waals surface area contributed by atoms with Gasteiger partial charge in [-0.15, -0.1) is 0 Å². The molecule has 190 valence electrons. The van der Waals surface area contributed by atoms with Crippen molar-refractivity contribution in [2.24, 2.45) is 5.92 Å². The van der Waals surface area contributed by atoms with E-state index in [4.69, 9.17) is 4.52 Å². The van der Waals surface area contributed by atoms with E-state index in [2.05, 4.69) is 24.3 Å². The quantitative estimate of drug-likeness (QED) is 0.448. The van der Waals surface area contributed by atoms with Crippen molar-refractivity contribution >= 4 is 33.8 Å². The number of sulfonamides is 1. The van der Waals surface area contributed by atoms with Crippen LogP contribution in [0.5, 0.6) is 0 Å². The van der Waals surface area contributed by atoms with Crippen LogP contribution in [0.1, 0.15) is 60.8 Å². The van der Waals surface area contributed by atoms with E-state index in [1.165, 1.54) is 9.87 Å². The van der Waals surface area contributed by atoms with Crippen LogP contribution in [0.4, 0.5) is 5.69 Å². The van der Waals surface area contributed by atoms with Crippen LogP contribution in [0.15, 0.2) is 57.9 Å². The zero-order chi connectivity index (χ0) is 25.9. The fraction of sp³-hybridized carbons (Fsp3) is 0.357. The molecular formula is C28H33N3O4S. The molecule has 3 aromatic rings. The van der Waals surface area contributed by atoms with Gasteiger partial charge in [-0.3, -0.25) is 4.79 Å². The minimum absolute atomic E-state index is 0.0766. The number of aromatic nitrogens is 1. The molecule has 1 aliphatic heterocycles. The second kappa shape index (κ2) is 10.8. The number of amides is 1. The maximum atomic E-state index is 13.5. The van der Waals surface area contributed by atoms with Gasteiger partial charge in [0.2, 0.25) is 15.9 Å². The Morgan fingerprint density at radius 3 is 2.28 bits per heavy atom. The number of piperidine rings is 1. The summed E-state index contributed by atoms with van der Waals surface area (Å²) in [5, 5.41) is 6.89. The zero-order valence-corrected chi connectivity index (χ0v) is 22.0. The third kappa shape index (κ3) is 5.77. The normalized spacial score (nSPS) is 15.6. The summed E-state index contributed by atoms with van der Waals surface area (Å²) in [4.78, 5) is 12.9. The Morgan fingerprint density at radius 2 is 1.67 bits per heavy atom. The van der Waals surface area contributed by atoms with Gasteiger partial charge in [-0.25, -0.2) is 8.42 Å². The van der Waals surface area contributed by atoms with Crippen molar-refractivity contribution in [3.05, 3.63) is 76.7 Å². The van der Waals surface area contributed by atoms with Crippen LogP contribution in [-0.2, 0) is 14.8 Å². The van der Waals surface area contributed by atoms with Gasteiger partial charge in [0, 0.05) is 24.7 Å². The number of hydrogen-bond donors (Lipinski definition) is 1. The highest BCUT2D eigenvalue weighted by Gasteiger charge is 2.36. The maximum absolute atomic E-state index is 13.5. The van der Waals surface area contributed by atoms with Gasteiger partial charge in [0.25, 0.3) is 0 Å². The molecular weight excluding hydrogens is 474 g/mol. The summed E-state index contributed by atoms with van der Waals surface area (Å²) in [5.41, 5.74) is 4.37. The number of benzene rings is 2. The van der Waals surface area contributed by atoms with Gasteiger partial charge < -0.3 is 9.84 Å². The third-order valence-electron chi connectivity index (χ3n) is 6.61. The third-order valence-corrected chi connectivity index (χ3v) is 8.66. The molecule has 4 rings (SSSR count). The van der Waals surface area contributed by atoms with E-state index in [-0.39, 0.29) is 35.6 Å². The molecule has 2 aromatic carbocycles. The van der Waals surface area contributed by atoms with Gasteiger partial charge in [0.1, 0.15) is 5.69 Å². The first-order valence-electron chi connectivity index (χ1n) is 12.3. The van der Waals surface area contributed by atoms with E-state index in [9.17, 15) is 13.2 Å². The Kier molecular flexibility index (Phi) is 7.76. The fourth-order valence-electron chi connectivity index (χ4n) is 4.33. The SMILES string of the molecule is Cc1ccc(C=Cc2onc(C)c2S(=O)(=O)N2CCC(C(=O)Nc3ccc(C(C)C)cc3)CC2)cc1. The average molecular weight is 508 g/mol. The van der Waals surface area contributed by atoms with E-state index in [0.29, 0.717) is 24.5 Å². The van der Waals surface area contributed by atoms with E-state index < -0.39 is 10.0 Å². The Morgan fingerprint density at radius 1 is 1.03 bits per heavy atom. The summed E-state index contributed by atoms with van der Waals surface area (Å²) < 4.78 is 33.8. The fourth-order valence-corrected chi connectivity index (χ4v) is 6.05. The molecule has 1 N–H and O–H groups in total. The minimum atomic E-state index is -3.82. The lowest BCUT2D eigenvalue weighted by atomic mass is 9.97. The van der Waals surface area contributed by atoms with Gasteiger partial charge in [-0.2, -0.15) is 4.31 Å². The number of rotatable bonds is 7. The first kappa shape index (κ1) is 25.9. The molecule has 2 heterocycles. The smallest absolute Gasteiger partial charge is 0.248 e. The molecule has 0 spiro atoms. The largest absolute Gasteiger partial charge is 0.355 e. The van der Waals surface area contributed by atoms with Crippen LogP contribution in [0.25, 0.3) is 12.2 Å². The Labute approximate surface area is 213 Å². The first-order valence-corrected chi connectivity index (χ1v) is 13.7. The highest BCUT2D eigenvalue weighted by molar-refractivity contribution is 7.89. The number of carbonyl (C=O) groups is 1. The molecule has 1 saturated heterocycles. The van der Waals surface area contributed by atoms with Gasteiger partial charge >= 0.3 is 0 Å². The van der Waals surface area contributed by atoms with Crippen LogP contribution >= 0.6 is 0 Å². The van der Waals surface area contributed by atoms with Crippen molar-refractivity contribution < 1.29 is 17.7 Å². The molecule has 0 bridgehead atoms. The summed E-state index contributed by atoms with van der Waals surface area (Å²) in [6.45, 7) is 8.41. The predicted molar refractivity (Wildman–Crippen MR) is 142 cm³/mol. The van der Waals surface area contributed by atoms with Crippen LogP contribution < -0.4 is 5.32 Å². The van der Waals surface area contributed by atoms with Crippen molar-refractivity contribution in [1.29, 1.82) is 0 Å². The highest BCUT2D eigenvalue weighted by Crippen LogP contribution is 2.30. The molecule has 1 amide bonds. The van der Waals surface area contributed by atoms with Crippen molar-refractivity contribution in [3.8, 4) is 0 Å². The lowest BCUT2D eigenvalue weighted by molar-refractivity contribution is -0.120. The topological polar surface area (TPSA) is 92.5 Å². The number of nitrogens with one attached hydrogen (secondary N) is 1. The number of nitrogens with zero attached hydrogens (tertiary/aromatic N) is 2. The predicted octanol–water partition coefficient (Wildman–Crippen LogP) is 5.62. The molecule has 0 radical (unpaired) electrons. The molecule has 8 heteroatoms. The Bertz CT molecular complexity index is 1330. The zero-order valence-electron chi connectivity index (χ0n) is 21.2. The van der Waals surface area contributed by atoms with Gasteiger partial charge in [-0.05, 0) is 61.9 Å². The van der Waals surface area contributed by atoms with Crippen molar-refractivity contribution in [3.63, 3.8) is 0 Å². The lowest BCUT2D eigenvalue weighted by Crippen LogP contribution is -2.41. The van der Waals surface area contributed by atoms with Crippen molar-refractivity contribution in [1.82, 2.24) is 9.46 Å². The molecule has 0 atom stereocenters. The molecule has 1 aromatic heterocycles. The standard InChI is InChI=1S/C28H33N3O4S/c1-19(2)23-10-12-25(13-11-23)29-28(32)24-15-17-31(18-16-24)36(33,34)27-21(4)30-35-26(27)14-9-22-7-5-20(3)6-8-22/h5-14,19,24H,15-18H2,1-4H3,(H,29,32). The van der Waals surface area contributed by atoms with E-state index in [1.54, 1.807) is 13.0 Å². The Balaban J connectivity index is 1.41. The molecule has 1 fully saturated rings. The van der Waals surface area contributed by atoms with E-state index in [0.717, 1.165) is 16.8 Å². The summed E-state index contributed by atoms with van der Waals surface area (Å²) in [6.07, 6.45) is 4.35. The minimum Gasteiger partial charge on any atom is -0.355 e. The number of hydrogen-bond acceptors (Lipinski definition) is 5. The number of aryl methyl sites for hydroxylation is 2. The van der Waals surface area contributed by atoms with Gasteiger partial charge in [0.05, 0.1) is 0 Å². The molecule has 1 aliphatic rings. The van der Waals surface area contributed by atoms with E-state index in [1.807, 2.05) is 61.5 Å². The van der Waals surface area contributed by atoms with Crippen LogP contribution in [0.2, 0.25) is 0 Å². The van der Waals surface area contributed by atoms with E-state index >= 15 is 0 Å². The molecule has 7 nitrogen and oxygen atoms in total. The monoisotopic (exact) mass is 507 g/mol. The lowest BCUT2D eigenvalue weighted by Gasteiger charge is -2.30.